The first-order valence-corrected chi connectivity index (χ1v) is 7.30. The summed E-state index contributed by atoms with van der Waals surface area (Å²) >= 11 is 0. The second-order valence-corrected chi connectivity index (χ2v) is 6.64. The van der Waals surface area contributed by atoms with E-state index in [9.17, 15) is 4.79 Å². The highest BCUT2D eigenvalue weighted by molar-refractivity contribution is 5.66. The van der Waals surface area contributed by atoms with E-state index in [4.69, 9.17) is 5.11 Å². The van der Waals surface area contributed by atoms with Crippen LogP contribution in [-0.2, 0) is 4.79 Å². The molecule has 3 heteroatoms. The maximum absolute atomic E-state index is 10.7. The summed E-state index contributed by atoms with van der Waals surface area (Å²) in [4.78, 5) is 13.0. The van der Waals surface area contributed by atoms with Gasteiger partial charge in [0.25, 0.3) is 0 Å². The summed E-state index contributed by atoms with van der Waals surface area (Å²) in [5.74, 6) is 0.142. The molecule has 3 nitrogen and oxygen atoms in total. The minimum atomic E-state index is -0.683. The zero-order chi connectivity index (χ0) is 13.8. The van der Waals surface area contributed by atoms with Crippen molar-refractivity contribution in [1.82, 2.24) is 4.90 Å². The third-order valence-electron chi connectivity index (χ3n) is 4.46. The van der Waals surface area contributed by atoms with Gasteiger partial charge in [-0.05, 0) is 43.6 Å². The highest BCUT2D eigenvalue weighted by Crippen LogP contribution is 2.38. The Bertz CT molecular complexity index is 262. The van der Waals surface area contributed by atoms with Crippen LogP contribution in [0.25, 0.3) is 0 Å². The van der Waals surface area contributed by atoms with Crippen LogP contribution in [0.4, 0.5) is 0 Å². The fourth-order valence-electron chi connectivity index (χ4n) is 3.15. The zero-order valence-corrected chi connectivity index (χ0v) is 12.4. The quantitative estimate of drug-likeness (QED) is 0.818. The van der Waals surface area contributed by atoms with Gasteiger partial charge in [0.2, 0.25) is 0 Å². The summed E-state index contributed by atoms with van der Waals surface area (Å²) < 4.78 is 0. The van der Waals surface area contributed by atoms with Gasteiger partial charge in [0.05, 0.1) is 6.42 Å². The van der Waals surface area contributed by atoms with Gasteiger partial charge >= 0.3 is 5.97 Å². The van der Waals surface area contributed by atoms with Gasteiger partial charge in [0, 0.05) is 12.6 Å². The molecule has 0 saturated heterocycles. The number of carboxylic acids is 1. The highest BCUT2D eigenvalue weighted by atomic mass is 16.4. The number of hydrogen-bond acceptors (Lipinski definition) is 2. The molecule has 1 aliphatic rings. The molecular formula is C15H29NO2. The van der Waals surface area contributed by atoms with Gasteiger partial charge in [-0.15, -0.1) is 0 Å². The number of carboxylic acid groups (broad SMARTS) is 1. The summed E-state index contributed by atoms with van der Waals surface area (Å²) in [5, 5.41) is 8.78. The van der Waals surface area contributed by atoms with E-state index in [1.807, 2.05) is 0 Å². The molecule has 0 atom stereocenters. The van der Waals surface area contributed by atoms with Crippen molar-refractivity contribution in [2.24, 2.45) is 11.3 Å². The smallest absolute Gasteiger partial charge is 0.304 e. The molecule has 0 amide bonds. The Balaban J connectivity index is 2.42. The number of hydrogen-bond donors (Lipinski definition) is 1. The molecule has 0 spiro atoms. The van der Waals surface area contributed by atoms with Crippen LogP contribution in [0.2, 0.25) is 0 Å². The van der Waals surface area contributed by atoms with Crippen molar-refractivity contribution < 1.29 is 9.90 Å². The van der Waals surface area contributed by atoms with Crippen molar-refractivity contribution >= 4 is 5.97 Å². The summed E-state index contributed by atoms with van der Waals surface area (Å²) in [6.07, 6.45) is 5.31. The van der Waals surface area contributed by atoms with Crippen molar-refractivity contribution in [1.29, 1.82) is 0 Å². The molecule has 106 valence electrons. The summed E-state index contributed by atoms with van der Waals surface area (Å²) in [6.45, 7) is 10.8. The van der Waals surface area contributed by atoms with E-state index >= 15 is 0 Å². The van der Waals surface area contributed by atoms with Crippen LogP contribution in [0.5, 0.6) is 0 Å². The molecule has 0 heterocycles. The van der Waals surface area contributed by atoms with Crippen molar-refractivity contribution in [3.63, 3.8) is 0 Å². The molecule has 18 heavy (non-hydrogen) atoms. The van der Waals surface area contributed by atoms with E-state index in [1.54, 1.807) is 0 Å². The van der Waals surface area contributed by atoms with E-state index in [0.717, 1.165) is 12.5 Å². The van der Waals surface area contributed by atoms with Crippen LogP contribution in [0, 0.1) is 11.3 Å². The lowest BCUT2D eigenvalue weighted by Gasteiger charge is -2.40. The van der Waals surface area contributed by atoms with E-state index in [-0.39, 0.29) is 6.42 Å². The first kappa shape index (κ1) is 15.5. The molecule has 0 aliphatic heterocycles. The number of nitrogens with zero attached hydrogens (tertiary/aromatic N) is 1. The van der Waals surface area contributed by atoms with Crippen molar-refractivity contribution in [3.8, 4) is 0 Å². The third-order valence-corrected chi connectivity index (χ3v) is 4.46. The lowest BCUT2D eigenvalue weighted by atomic mass is 9.71. The third kappa shape index (κ3) is 4.60. The molecule has 0 radical (unpaired) electrons. The Kier molecular flexibility index (Phi) is 5.64. The molecule has 1 saturated carbocycles. The molecule has 0 aromatic carbocycles. The molecule has 0 aromatic heterocycles. The molecule has 0 aromatic rings. The molecule has 0 unspecified atom stereocenters. The van der Waals surface area contributed by atoms with Crippen LogP contribution >= 0.6 is 0 Å². The first-order valence-electron chi connectivity index (χ1n) is 7.30. The van der Waals surface area contributed by atoms with Gasteiger partial charge in [-0.1, -0.05) is 27.7 Å². The second kappa shape index (κ2) is 6.55. The molecule has 1 aliphatic carbocycles. The van der Waals surface area contributed by atoms with Gasteiger partial charge in [-0.2, -0.15) is 0 Å². The second-order valence-electron chi connectivity index (χ2n) is 6.64. The number of aliphatic carboxylic acids is 1. The fourth-order valence-corrected chi connectivity index (χ4v) is 3.15. The SMILES string of the molecule is CCN(CCC(=O)O)C1CCC(C(C)(C)C)CC1. The first-order chi connectivity index (χ1) is 8.34. The minimum absolute atomic E-state index is 0.271. The molecular weight excluding hydrogens is 226 g/mol. The van der Waals surface area contributed by atoms with Crippen LogP contribution in [0.15, 0.2) is 0 Å². The normalized spacial score (nSPS) is 25.4. The lowest BCUT2D eigenvalue weighted by molar-refractivity contribution is -0.137. The largest absolute Gasteiger partial charge is 0.481 e. The monoisotopic (exact) mass is 255 g/mol. The number of rotatable bonds is 5. The topological polar surface area (TPSA) is 40.5 Å². The fraction of sp³-hybridized carbons (Fsp3) is 0.933. The predicted molar refractivity (Wildman–Crippen MR) is 74.7 cm³/mol. The maximum Gasteiger partial charge on any atom is 0.304 e. The van der Waals surface area contributed by atoms with E-state index in [0.29, 0.717) is 18.0 Å². The van der Waals surface area contributed by atoms with Crippen molar-refractivity contribution in [2.45, 2.75) is 65.8 Å². The average molecular weight is 255 g/mol. The van der Waals surface area contributed by atoms with Gasteiger partial charge in [0.15, 0.2) is 0 Å². The van der Waals surface area contributed by atoms with E-state index in [1.165, 1.54) is 25.7 Å². The van der Waals surface area contributed by atoms with Crippen LogP contribution in [-0.4, -0.2) is 35.1 Å². The van der Waals surface area contributed by atoms with Crippen LogP contribution in [0.3, 0.4) is 0 Å². The lowest BCUT2D eigenvalue weighted by Crippen LogP contribution is -2.40. The molecule has 0 bridgehead atoms. The Labute approximate surface area is 112 Å². The summed E-state index contributed by atoms with van der Waals surface area (Å²) in [7, 11) is 0. The molecule has 1 rings (SSSR count). The van der Waals surface area contributed by atoms with Gasteiger partial charge in [-0.25, -0.2) is 0 Å². The summed E-state index contributed by atoms with van der Waals surface area (Å²) in [6, 6.07) is 0.605. The predicted octanol–water partition coefficient (Wildman–Crippen LogP) is 3.39. The summed E-state index contributed by atoms with van der Waals surface area (Å²) in [5.41, 5.74) is 0.420. The van der Waals surface area contributed by atoms with E-state index < -0.39 is 5.97 Å². The van der Waals surface area contributed by atoms with Crippen LogP contribution in [0.1, 0.15) is 59.8 Å². The Morgan fingerprint density at radius 1 is 1.22 bits per heavy atom. The van der Waals surface area contributed by atoms with Crippen molar-refractivity contribution in [2.75, 3.05) is 13.1 Å². The molecule has 1 N–H and O–H groups in total. The number of carbonyl (C=O) groups is 1. The highest BCUT2D eigenvalue weighted by Gasteiger charge is 2.31. The Morgan fingerprint density at radius 3 is 2.17 bits per heavy atom. The minimum Gasteiger partial charge on any atom is -0.481 e. The average Bonchev–Trinajstić information content (AvgIpc) is 2.29. The van der Waals surface area contributed by atoms with Crippen molar-refractivity contribution in [3.05, 3.63) is 0 Å². The van der Waals surface area contributed by atoms with Gasteiger partial charge in [0.1, 0.15) is 0 Å². The van der Waals surface area contributed by atoms with Crippen LogP contribution < -0.4 is 0 Å². The molecule has 1 fully saturated rings. The van der Waals surface area contributed by atoms with E-state index in [2.05, 4.69) is 32.6 Å². The zero-order valence-electron chi connectivity index (χ0n) is 12.4. The van der Waals surface area contributed by atoms with Gasteiger partial charge in [-0.3, -0.25) is 4.79 Å². The Morgan fingerprint density at radius 2 is 1.78 bits per heavy atom. The standard InChI is InChI=1S/C15H29NO2/c1-5-16(11-10-14(17)18)13-8-6-12(7-9-13)15(2,3)4/h12-13H,5-11H2,1-4H3,(H,17,18). The maximum atomic E-state index is 10.7. The van der Waals surface area contributed by atoms with Gasteiger partial charge < -0.3 is 10.0 Å². The Hall–Kier alpha value is -0.570.